The van der Waals surface area contributed by atoms with E-state index in [1.165, 1.54) is 0 Å². The molecule has 4 aliphatic rings. The van der Waals surface area contributed by atoms with Gasteiger partial charge in [-0.2, -0.15) is 27.3 Å². The Morgan fingerprint density at radius 1 is 0.514 bits per heavy atom. The van der Waals surface area contributed by atoms with Crippen molar-refractivity contribution in [1.82, 2.24) is 51.0 Å². The number of carbonyl (C=O) groups is 2. The minimum Gasteiger partial charge on any atom is -0.294 e. The Labute approximate surface area is 429 Å². The van der Waals surface area contributed by atoms with Gasteiger partial charge in [0.2, 0.25) is 11.6 Å². The zero-order valence-electron chi connectivity index (χ0n) is 41.1. The first-order chi connectivity index (χ1) is 35.4. The maximum atomic E-state index is 13.4. The number of amides is 2. The number of rotatable bonds is 14. The first kappa shape index (κ1) is 54.8. The zero-order valence-corrected chi connectivity index (χ0v) is 42.7. The van der Waals surface area contributed by atoms with Crippen molar-refractivity contribution < 1.29 is 44.6 Å². The molecule has 6 aromatic rings. The van der Waals surface area contributed by atoms with Gasteiger partial charge in [-0.1, -0.05) is 149 Å². The minimum absolute atomic E-state index is 0.202. The highest BCUT2D eigenvalue weighted by Crippen LogP contribution is 2.42. The third-order valence-electron chi connectivity index (χ3n) is 13.2. The largest absolute Gasteiger partial charge is 0.394 e. The Kier molecular flexibility index (Phi) is 18.1. The fourth-order valence-electron chi connectivity index (χ4n) is 9.75. The van der Waals surface area contributed by atoms with Gasteiger partial charge in [-0.15, -0.1) is 20.4 Å². The molecule has 2 spiro atoms. The van der Waals surface area contributed by atoms with Gasteiger partial charge >= 0.3 is 20.8 Å². The molecule has 24 heteroatoms. The average Bonchev–Trinajstić information content (AvgIpc) is 4.26. The van der Waals surface area contributed by atoms with Gasteiger partial charge < -0.3 is 0 Å². The number of benzene rings is 4. The fourth-order valence-corrected chi connectivity index (χ4v) is 9.75. The van der Waals surface area contributed by atoms with E-state index >= 15 is 0 Å². The van der Waals surface area contributed by atoms with Gasteiger partial charge in [0.15, 0.2) is 0 Å². The van der Waals surface area contributed by atoms with Crippen molar-refractivity contribution in [1.29, 1.82) is 0 Å². The Morgan fingerprint density at radius 2 is 0.838 bits per heavy atom. The Balaban J connectivity index is 0.000000183. The Hall–Kier alpha value is -6.96. The molecule has 0 atom stereocenters. The number of hydrogen-bond acceptors (Lipinski definition) is 14. The van der Waals surface area contributed by atoms with Crippen LogP contribution < -0.4 is 0 Å². The number of carbonyl (C=O) groups excluding carboxylic acids is 2. The number of amidine groups is 2. The summed E-state index contributed by atoms with van der Waals surface area (Å²) in [5.41, 5.74) is 7.38. The Morgan fingerprint density at radius 3 is 1.14 bits per heavy atom. The molecular formula is C50H60N12O10S2. The quantitative estimate of drug-likeness (QED) is 0.0559. The molecule has 0 unspecified atom stereocenters. The molecule has 2 aromatic heterocycles. The van der Waals surface area contributed by atoms with Crippen LogP contribution in [0.2, 0.25) is 0 Å². The van der Waals surface area contributed by atoms with Crippen LogP contribution in [0.4, 0.5) is 0 Å². The summed E-state index contributed by atoms with van der Waals surface area (Å²) in [7, 11) is -9.33. The molecule has 6 N–H and O–H groups in total. The van der Waals surface area contributed by atoms with E-state index < -0.39 is 31.9 Å². The predicted octanol–water partition coefficient (Wildman–Crippen LogP) is 8.25. The van der Waals surface area contributed by atoms with Crippen LogP contribution in [0.15, 0.2) is 107 Å². The maximum absolute atomic E-state index is 13.4. The van der Waals surface area contributed by atoms with Gasteiger partial charge in [-0.05, 0) is 82.3 Å². The predicted molar refractivity (Wildman–Crippen MR) is 276 cm³/mol. The van der Waals surface area contributed by atoms with E-state index in [-0.39, 0.29) is 11.8 Å². The van der Waals surface area contributed by atoms with Crippen molar-refractivity contribution in [3.05, 3.63) is 108 Å². The van der Waals surface area contributed by atoms with E-state index in [1.807, 2.05) is 46.2 Å². The van der Waals surface area contributed by atoms with Gasteiger partial charge in [-0.25, -0.2) is 0 Å². The van der Waals surface area contributed by atoms with Crippen molar-refractivity contribution in [2.75, 3.05) is 0 Å². The maximum Gasteiger partial charge on any atom is 0.394 e. The number of aromatic nitrogens is 8. The van der Waals surface area contributed by atoms with Gasteiger partial charge in [-0.3, -0.25) is 47.6 Å². The average molecular weight is 1050 g/mol. The number of unbranched alkanes of at least 4 members (excludes halogenated alkanes) is 2. The molecule has 0 radical (unpaired) electrons. The van der Waals surface area contributed by atoms with E-state index in [4.69, 9.17) is 45.0 Å². The zero-order chi connectivity index (χ0) is 52.9. The smallest absolute Gasteiger partial charge is 0.294 e. The molecule has 4 aromatic carbocycles. The van der Waals surface area contributed by atoms with Crippen LogP contribution in [0.25, 0.3) is 45.0 Å². The fraction of sp³-hybridized carbons (Fsp3) is 0.400. The SMILES string of the molecule is CCCCC1=NC2(CCCC2)C(=O)N1Cc1ccc(-c2ccccc2-c2nn[nH]n2)cc1.CCCCC1=NC2(CCCC2)C(=O)N1Cc1ccc(-c2ccccc2-c2nn[nH]n2)cc1.O=S(=O)(O)O.O=S(=O)(O)O. The van der Waals surface area contributed by atoms with E-state index in [0.717, 1.165) is 146 Å². The van der Waals surface area contributed by atoms with Crippen molar-refractivity contribution in [3.63, 3.8) is 0 Å². The van der Waals surface area contributed by atoms with Crippen molar-refractivity contribution in [2.45, 2.75) is 128 Å². The van der Waals surface area contributed by atoms with Crippen LogP contribution in [0.1, 0.15) is 115 Å². The molecule has 2 aliphatic carbocycles. The second-order valence-electron chi connectivity index (χ2n) is 18.4. The summed E-state index contributed by atoms with van der Waals surface area (Å²) in [6, 6.07) is 32.9. The molecule has 2 amide bonds. The third-order valence-corrected chi connectivity index (χ3v) is 13.2. The van der Waals surface area contributed by atoms with Crippen molar-refractivity contribution >= 4 is 44.3 Å². The molecule has 22 nitrogen and oxygen atoms in total. The second kappa shape index (κ2) is 24.4. The third kappa shape index (κ3) is 14.2. The lowest BCUT2D eigenvalue weighted by molar-refractivity contribution is -0.132. The lowest BCUT2D eigenvalue weighted by atomic mass is 9.97. The number of H-pyrrole nitrogens is 2. The number of aliphatic imine (C=N–C) groups is 2. The van der Waals surface area contributed by atoms with Gasteiger partial charge in [0.1, 0.15) is 22.7 Å². The first-order valence-electron chi connectivity index (χ1n) is 24.5. The highest BCUT2D eigenvalue weighted by atomic mass is 32.3. The molecule has 2 aliphatic heterocycles. The molecule has 4 heterocycles. The van der Waals surface area contributed by atoms with E-state index in [1.54, 1.807) is 0 Å². The highest BCUT2D eigenvalue weighted by Gasteiger charge is 2.50. The summed E-state index contributed by atoms with van der Waals surface area (Å²) in [5, 5.41) is 28.9. The van der Waals surface area contributed by atoms with Crippen LogP contribution in [0.5, 0.6) is 0 Å². The Bertz CT molecular complexity index is 2900. The molecular weight excluding hydrogens is 993 g/mol. The second-order valence-corrected chi connectivity index (χ2v) is 20.2. The number of tetrazole rings is 2. The summed E-state index contributed by atoms with van der Waals surface area (Å²) in [6.45, 7) is 5.52. The topological polar surface area (TPSA) is 323 Å². The van der Waals surface area contributed by atoms with Crippen molar-refractivity contribution in [3.8, 4) is 45.0 Å². The van der Waals surface area contributed by atoms with Crippen LogP contribution in [-0.2, 0) is 43.5 Å². The van der Waals surface area contributed by atoms with E-state index in [2.05, 4.69) is 116 Å². The lowest BCUT2D eigenvalue weighted by Crippen LogP contribution is -2.40. The highest BCUT2D eigenvalue weighted by molar-refractivity contribution is 7.80. The lowest BCUT2D eigenvalue weighted by Gasteiger charge is -2.23. The van der Waals surface area contributed by atoms with Gasteiger partial charge in [0.25, 0.3) is 11.8 Å². The van der Waals surface area contributed by atoms with E-state index in [0.29, 0.717) is 24.7 Å². The number of aromatic amines is 2. The number of nitrogens with zero attached hydrogens (tertiary/aromatic N) is 10. The van der Waals surface area contributed by atoms with Crippen LogP contribution >= 0.6 is 0 Å². The molecule has 2 saturated carbocycles. The molecule has 74 heavy (non-hydrogen) atoms. The van der Waals surface area contributed by atoms with Crippen LogP contribution in [0.3, 0.4) is 0 Å². The monoisotopic (exact) mass is 1050 g/mol. The molecule has 2 fully saturated rings. The normalized spacial score (nSPS) is 16.6. The summed E-state index contributed by atoms with van der Waals surface area (Å²) in [6.07, 6.45) is 14.0. The summed E-state index contributed by atoms with van der Waals surface area (Å²) in [4.78, 5) is 40.6. The summed E-state index contributed by atoms with van der Waals surface area (Å²) < 4.78 is 63.2. The molecule has 392 valence electrons. The van der Waals surface area contributed by atoms with Gasteiger partial charge in [0.05, 0.1) is 13.1 Å². The summed E-state index contributed by atoms with van der Waals surface area (Å²) in [5.74, 6) is 3.51. The molecule has 10 rings (SSSR count). The number of hydrogen-bond donors (Lipinski definition) is 6. The molecule has 0 bridgehead atoms. The van der Waals surface area contributed by atoms with Crippen LogP contribution in [0, 0.1) is 0 Å². The molecule has 0 saturated heterocycles. The standard InChI is InChI=1S/2C25H28N6O.2H2O4S/c2*1-2-3-10-22-26-25(15-6-7-16-25)24(32)31(22)17-18-11-13-19(14-12-18)20-8-4-5-9-21(20)23-27-29-30-28-23;2*1-5(2,3)4/h2*4-5,8-9,11-14H,2-3,6-7,10,15-17H2,1H3,(H,27,28,29,30);2*(H2,1,2,3,4). The minimum atomic E-state index is -4.67. The first-order valence-corrected chi connectivity index (χ1v) is 27.2. The number of nitrogens with one attached hydrogen (secondary N) is 2. The van der Waals surface area contributed by atoms with Crippen LogP contribution in [-0.4, -0.2) is 121 Å². The van der Waals surface area contributed by atoms with Gasteiger partial charge in [0, 0.05) is 24.0 Å². The summed E-state index contributed by atoms with van der Waals surface area (Å²) >= 11 is 0. The van der Waals surface area contributed by atoms with E-state index in [9.17, 15) is 9.59 Å². The van der Waals surface area contributed by atoms with Crippen molar-refractivity contribution in [2.24, 2.45) is 9.98 Å².